The molecule has 0 amide bonds. The van der Waals surface area contributed by atoms with E-state index in [0.717, 1.165) is 26.9 Å². The first kappa shape index (κ1) is 138. The summed E-state index contributed by atoms with van der Waals surface area (Å²) in [5.41, 5.74) is -6.26. The minimum absolute atomic E-state index is 0. The fourth-order valence-corrected chi connectivity index (χ4v) is 6.71. The van der Waals surface area contributed by atoms with E-state index in [0.29, 0.717) is 45.9 Å². The van der Waals surface area contributed by atoms with Crippen molar-refractivity contribution in [2.45, 2.75) is 155 Å². The maximum atomic E-state index is 11.8. The molecule has 0 aromatic heterocycles. The monoisotopic (exact) mass is 1820 g/mol. The van der Waals surface area contributed by atoms with Crippen LogP contribution in [0.1, 0.15) is 157 Å². The number of methoxy groups -OCH3 is 8. The number of carbonyl (C=O) groups is 13. The van der Waals surface area contributed by atoms with Gasteiger partial charge in [0.2, 0.25) is 0 Å². The Bertz CT molecular complexity index is 2420. The van der Waals surface area contributed by atoms with Crippen molar-refractivity contribution < 1.29 is 233 Å². The summed E-state index contributed by atoms with van der Waals surface area (Å²) in [4.78, 5) is 148. The SMILES string of the molecule is CCCOCOC.CCOC(=O)C(C)(CCOCOC)C(=O)OCC.CCOC(=O)C(C)(CCOCOC)C(=O)OCC.CCOC(=O)C(C)C(=O)OCC.COCOCCC(C)(C(=O)O)C(=O)O.COCOCCC(C)(C(=O)O)C(=O)O.COCOCCC(C)C(=O)O.COCOCCC(C)C(=O)O.COCOCCC(C)C(=O)ON=S.N=S.[H-].[Na+]. The van der Waals surface area contributed by atoms with E-state index in [9.17, 15) is 62.3 Å². The summed E-state index contributed by atoms with van der Waals surface area (Å²) in [5.74, 6) is -12.7. The van der Waals surface area contributed by atoms with Gasteiger partial charge in [-0.15, -0.1) is 0 Å². The number of nitrogens with zero attached hydrogens (tertiary/aromatic N) is 1. The van der Waals surface area contributed by atoms with E-state index in [1.54, 1.807) is 69.4 Å². The molecule has 3 atom stereocenters. The Hall–Kier alpha value is -6.49. The van der Waals surface area contributed by atoms with Gasteiger partial charge in [-0.05, 0) is 132 Å². The van der Waals surface area contributed by atoms with Crippen molar-refractivity contribution in [3.8, 4) is 0 Å². The fraction of sp³-hybridized carbons (Fsp3) is 0.824. The first-order valence-electron chi connectivity index (χ1n) is 37.3. The van der Waals surface area contributed by atoms with Gasteiger partial charge in [0.05, 0.1) is 116 Å². The van der Waals surface area contributed by atoms with Crippen LogP contribution in [0.25, 0.3) is 0 Å². The number of rotatable bonds is 59. The zero-order chi connectivity index (χ0) is 95.0. The molecule has 0 bridgehead atoms. The Kier molecular flexibility index (Phi) is 109. The number of hydrogen-bond donors (Lipinski definition) is 7. The minimum atomic E-state index is -1.80. The Labute approximate surface area is 745 Å². The van der Waals surface area contributed by atoms with Crippen LogP contribution in [0.4, 0.5) is 0 Å². The molecule has 121 heavy (non-hydrogen) atoms. The molecule has 47 heteroatoms. The van der Waals surface area contributed by atoms with Gasteiger partial charge in [-0.25, -0.2) is 9.57 Å². The Morgan fingerprint density at radius 2 is 0.521 bits per heavy atom. The quantitative estimate of drug-likeness (QED) is 0.00859. The van der Waals surface area contributed by atoms with Crippen LogP contribution in [-0.2, 0) is 196 Å². The third kappa shape index (κ3) is 80.4. The number of aliphatic carboxylic acids is 6. The Morgan fingerprint density at radius 1 is 0.322 bits per heavy atom. The molecule has 0 radical (unpaired) electrons. The van der Waals surface area contributed by atoms with E-state index in [1.165, 1.54) is 70.5 Å². The number of esters is 6. The van der Waals surface area contributed by atoms with Gasteiger partial charge in [0.1, 0.15) is 54.3 Å². The van der Waals surface area contributed by atoms with Crippen LogP contribution in [0.3, 0.4) is 0 Å². The normalized spacial score (nSPS) is 11.1. The fourth-order valence-electron chi connectivity index (χ4n) is 6.64. The summed E-state index contributed by atoms with van der Waals surface area (Å²) in [6.07, 6.45) is 2.86. The summed E-state index contributed by atoms with van der Waals surface area (Å²) < 4.78 is 114. The topological polar surface area (TPSA) is 592 Å². The number of carbonyl (C=O) groups excluding carboxylic acids is 7. The average Bonchev–Trinajstić information content (AvgIpc) is 0.810. The molecule has 0 heterocycles. The van der Waals surface area contributed by atoms with Crippen molar-refractivity contribution in [3.05, 3.63) is 0 Å². The standard InChI is InChI=1S/2C12H22O6.2C8H14O6.C8H14O4.C7H13NO4S.2C7H14O4.C5H12O2.HNS.Na.H/c2*1-5-17-10(13)12(3,11(14)18-6-2)7-8-16-9-15-4;2*1-8(6(9)10,7(11)12)3-4-14-5-13-2;1-4-11-7(9)6(3)8(10)12-5-2;1-6(7(9)12-8-13)3-4-11-5-10-2;2*1-6(7(8)9)3-4-11-5-10-2;1-3-4-7-5-6-2;1-2;;/h2*5-9H2,1-4H3;2*3-5H2,1-2H3,(H,9,10)(H,11,12);6H,4-5H2,1-3H3;6H,3-5H2,1-2H3;2*6H,3-5H2,1-2H3,(H,8,9);3-5H2,1-2H3;1H;;/q;;;;;;;;;;+1;-1. The first-order chi connectivity index (χ1) is 56.6. The number of hydrogen-bond acceptors (Lipinski definition) is 40. The van der Waals surface area contributed by atoms with Gasteiger partial charge in [-0.3, -0.25) is 57.5 Å². The van der Waals surface area contributed by atoms with Crippen LogP contribution in [0.15, 0.2) is 4.53 Å². The predicted octanol–water partition coefficient (Wildman–Crippen LogP) is 4.04. The third-order valence-corrected chi connectivity index (χ3v) is 14.5. The summed E-state index contributed by atoms with van der Waals surface area (Å²) >= 11 is 7.47. The van der Waals surface area contributed by atoms with Gasteiger partial charge in [0.25, 0.3) is 0 Å². The largest absolute Gasteiger partial charge is 1.00 e. The van der Waals surface area contributed by atoms with Crippen molar-refractivity contribution in [3.63, 3.8) is 0 Å². The number of carboxylic acids is 6. The summed E-state index contributed by atoms with van der Waals surface area (Å²) in [5, 5.41) is 51.7. The molecule has 0 aliphatic carbocycles. The van der Waals surface area contributed by atoms with Crippen molar-refractivity contribution >= 4 is 102 Å². The number of ether oxygens (including phenoxy) is 22. The zero-order valence-corrected chi connectivity index (χ0v) is 78.8. The molecule has 44 nitrogen and oxygen atoms in total. The maximum absolute atomic E-state index is 11.8. The molecule has 7 N–H and O–H groups in total. The van der Waals surface area contributed by atoms with Crippen molar-refractivity contribution in [1.82, 2.24) is 0 Å². The van der Waals surface area contributed by atoms with Gasteiger partial charge in [0, 0.05) is 75.9 Å². The average molecular weight is 1820 g/mol. The van der Waals surface area contributed by atoms with Crippen LogP contribution in [0.2, 0.25) is 0 Å². The number of carboxylic acid groups (broad SMARTS) is 6. The molecular formula is C74H141N2NaO42S2. The smallest absolute Gasteiger partial charge is 1.00 e. The van der Waals surface area contributed by atoms with E-state index in [4.69, 9.17) is 102 Å². The maximum Gasteiger partial charge on any atom is 1.00 e. The second kappa shape index (κ2) is 95.7. The molecule has 0 aliphatic rings. The third-order valence-electron chi connectivity index (χ3n) is 14.5. The molecular weight excluding hydrogens is 1680 g/mol. The van der Waals surface area contributed by atoms with Crippen LogP contribution in [0, 0.1) is 50.1 Å². The van der Waals surface area contributed by atoms with Gasteiger partial charge >= 0.3 is 107 Å². The Morgan fingerprint density at radius 3 is 0.702 bits per heavy atom. The molecule has 0 saturated carbocycles. The van der Waals surface area contributed by atoms with Gasteiger partial charge in [0.15, 0.2) is 27.6 Å². The molecule has 712 valence electrons. The second-order valence-electron chi connectivity index (χ2n) is 24.4. The number of nitrogens with one attached hydrogen (secondary N) is 1. The van der Waals surface area contributed by atoms with Crippen LogP contribution < -0.4 is 29.6 Å². The zero-order valence-electron chi connectivity index (χ0n) is 76.2. The van der Waals surface area contributed by atoms with Gasteiger partial charge < -0.3 is 141 Å². The summed E-state index contributed by atoms with van der Waals surface area (Å²) in [6, 6.07) is 0. The molecule has 0 aromatic carbocycles. The molecule has 0 aliphatic heterocycles. The molecule has 0 saturated heterocycles. The second-order valence-corrected chi connectivity index (χ2v) is 24.6. The minimum Gasteiger partial charge on any atom is -1.00 e. The first-order valence-corrected chi connectivity index (χ1v) is 38.0. The molecule has 0 aromatic rings. The van der Waals surface area contributed by atoms with E-state index in [1.807, 2.05) is 0 Å². The van der Waals surface area contributed by atoms with E-state index < -0.39 is 105 Å². The summed E-state index contributed by atoms with van der Waals surface area (Å²) in [7, 11) is 12.1. The van der Waals surface area contributed by atoms with Crippen molar-refractivity contribution in [2.75, 3.05) is 204 Å². The van der Waals surface area contributed by atoms with Crippen molar-refractivity contribution in [1.29, 1.82) is 4.78 Å². The van der Waals surface area contributed by atoms with Gasteiger partial charge in [-0.2, -0.15) is 0 Å². The van der Waals surface area contributed by atoms with Gasteiger partial charge in [-0.1, -0.05) is 27.7 Å². The van der Waals surface area contributed by atoms with Crippen LogP contribution in [-0.4, -0.2) is 312 Å². The van der Waals surface area contributed by atoms with Crippen LogP contribution >= 0.6 is 0 Å². The molecule has 0 spiro atoms. The predicted molar refractivity (Wildman–Crippen MR) is 427 cm³/mol. The van der Waals surface area contributed by atoms with Crippen LogP contribution in [0.5, 0.6) is 0 Å². The Balaban J connectivity index is -0.000000112. The van der Waals surface area contributed by atoms with Crippen molar-refractivity contribution in [2.24, 2.45) is 49.9 Å². The molecule has 3 unspecified atom stereocenters. The summed E-state index contributed by atoms with van der Waals surface area (Å²) in [6.45, 7) is 29.4. The van der Waals surface area contributed by atoms with E-state index in [2.05, 4.69) is 79.0 Å². The molecule has 0 fully saturated rings. The van der Waals surface area contributed by atoms with E-state index in [-0.39, 0.29) is 188 Å². The molecule has 0 rings (SSSR count). The van der Waals surface area contributed by atoms with E-state index >= 15 is 0 Å².